The molecule has 0 aliphatic carbocycles. The summed E-state index contributed by atoms with van der Waals surface area (Å²) in [6, 6.07) is 1.66. The Kier molecular flexibility index (Phi) is 3.92. The van der Waals surface area contributed by atoms with Gasteiger partial charge in [-0.2, -0.15) is 0 Å². The van der Waals surface area contributed by atoms with E-state index >= 15 is 0 Å². The lowest BCUT2D eigenvalue weighted by Crippen LogP contribution is -2.17. The molecule has 16 heavy (non-hydrogen) atoms. The molecule has 0 aliphatic rings. The molecule has 4 heteroatoms. The molecule has 1 aromatic rings. The molecule has 0 N–H and O–H groups in total. The van der Waals surface area contributed by atoms with Crippen molar-refractivity contribution in [2.24, 2.45) is 0 Å². The van der Waals surface area contributed by atoms with Crippen LogP contribution in [0, 0.1) is 0 Å². The lowest BCUT2D eigenvalue weighted by atomic mass is 9.95. The maximum Gasteiger partial charge on any atom is 0.137 e. The van der Waals surface area contributed by atoms with Crippen LogP contribution in [0.1, 0.15) is 39.2 Å². The number of ether oxygens (including phenoxy) is 1. The fourth-order valence-corrected chi connectivity index (χ4v) is 1.33. The number of aromatic nitrogens is 2. The first-order valence-corrected chi connectivity index (χ1v) is 5.59. The average molecular weight is 241 g/mol. The SMILES string of the molecule is C=C(OCC)c1cc(Cl)nc(C(C)(C)C)n1. The molecular formula is C12H17ClN2O. The van der Waals surface area contributed by atoms with Crippen LogP contribution in [0.15, 0.2) is 12.6 Å². The summed E-state index contributed by atoms with van der Waals surface area (Å²) in [5.74, 6) is 1.22. The number of hydrogen-bond donors (Lipinski definition) is 0. The number of rotatable bonds is 3. The quantitative estimate of drug-likeness (QED) is 0.600. The summed E-state index contributed by atoms with van der Waals surface area (Å²) in [4.78, 5) is 8.61. The molecule has 0 fully saturated rings. The van der Waals surface area contributed by atoms with Gasteiger partial charge in [-0.05, 0) is 6.92 Å². The highest BCUT2D eigenvalue weighted by atomic mass is 35.5. The molecule has 1 heterocycles. The molecule has 0 saturated heterocycles. The molecule has 88 valence electrons. The van der Waals surface area contributed by atoms with Gasteiger partial charge in [0.05, 0.1) is 6.61 Å². The monoisotopic (exact) mass is 240 g/mol. The van der Waals surface area contributed by atoms with E-state index in [1.807, 2.05) is 27.7 Å². The van der Waals surface area contributed by atoms with Gasteiger partial charge in [0, 0.05) is 11.5 Å². The highest BCUT2D eigenvalue weighted by Crippen LogP contribution is 2.23. The zero-order valence-electron chi connectivity index (χ0n) is 10.2. The Morgan fingerprint density at radius 1 is 1.44 bits per heavy atom. The Morgan fingerprint density at radius 2 is 2.06 bits per heavy atom. The molecule has 0 spiro atoms. The molecule has 0 saturated carbocycles. The van der Waals surface area contributed by atoms with Crippen molar-refractivity contribution in [2.75, 3.05) is 6.61 Å². The maximum atomic E-state index is 5.95. The molecule has 1 rings (SSSR count). The second-order valence-corrected chi connectivity index (χ2v) is 4.89. The smallest absolute Gasteiger partial charge is 0.137 e. The third-order valence-electron chi connectivity index (χ3n) is 1.97. The minimum absolute atomic E-state index is 0.147. The van der Waals surface area contributed by atoms with Gasteiger partial charge in [0.2, 0.25) is 0 Å². The van der Waals surface area contributed by atoms with Gasteiger partial charge in [-0.3, -0.25) is 0 Å². The lowest BCUT2D eigenvalue weighted by molar-refractivity contribution is 0.297. The fourth-order valence-electron chi connectivity index (χ4n) is 1.14. The van der Waals surface area contributed by atoms with Crippen molar-refractivity contribution < 1.29 is 4.74 Å². The van der Waals surface area contributed by atoms with Crippen molar-refractivity contribution in [1.29, 1.82) is 0 Å². The third-order valence-corrected chi connectivity index (χ3v) is 2.16. The van der Waals surface area contributed by atoms with Crippen LogP contribution in [-0.2, 0) is 10.2 Å². The topological polar surface area (TPSA) is 35.0 Å². The van der Waals surface area contributed by atoms with Crippen molar-refractivity contribution in [3.05, 3.63) is 29.3 Å². The standard InChI is InChI=1S/C12H17ClN2O/c1-6-16-8(2)9-7-10(13)15-11(14-9)12(3,4)5/h7H,2,6H2,1,3-5H3. The normalized spacial score (nSPS) is 11.3. The lowest BCUT2D eigenvalue weighted by Gasteiger charge is -2.17. The minimum atomic E-state index is -0.147. The van der Waals surface area contributed by atoms with Crippen LogP contribution in [0.2, 0.25) is 5.15 Å². The predicted molar refractivity (Wildman–Crippen MR) is 66.4 cm³/mol. The predicted octanol–water partition coefficient (Wildman–Crippen LogP) is 3.43. The van der Waals surface area contributed by atoms with Gasteiger partial charge in [-0.15, -0.1) is 0 Å². The van der Waals surface area contributed by atoms with Gasteiger partial charge < -0.3 is 4.74 Å². The van der Waals surface area contributed by atoms with Gasteiger partial charge >= 0.3 is 0 Å². The average Bonchev–Trinajstić information content (AvgIpc) is 2.16. The highest BCUT2D eigenvalue weighted by Gasteiger charge is 2.19. The van der Waals surface area contributed by atoms with E-state index in [0.717, 1.165) is 0 Å². The summed E-state index contributed by atoms with van der Waals surface area (Å²) in [5, 5.41) is 0.413. The van der Waals surface area contributed by atoms with E-state index < -0.39 is 0 Å². The van der Waals surface area contributed by atoms with Crippen LogP contribution in [0.25, 0.3) is 5.76 Å². The Bertz CT molecular complexity index is 396. The molecular weight excluding hydrogens is 224 g/mol. The molecule has 0 aliphatic heterocycles. The summed E-state index contributed by atoms with van der Waals surface area (Å²) in [7, 11) is 0. The molecule has 3 nitrogen and oxygen atoms in total. The summed E-state index contributed by atoms with van der Waals surface area (Å²) in [5.41, 5.74) is 0.498. The Hall–Kier alpha value is -1.09. The van der Waals surface area contributed by atoms with E-state index in [9.17, 15) is 0 Å². The van der Waals surface area contributed by atoms with Gasteiger partial charge in [-0.1, -0.05) is 39.0 Å². The van der Waals surface area contributed by atoms with Gasteiger partial charge in [0.25, 0.3) is 0 Å². The first-order valence-electron chi connectivity index (χ1n) is 5.21. The largest absolute Gasteiger partial charge is 0.492 e. The van der Waals surface area contributed by atoms with Crippen molar-refractivity contribution in [2.45, 2.75) is 33.1 Å². The zero-order chi connectivity index (χ0) is 12.3. The fraction of sp³-hybridized carbons (Fsp3) is 0.500. The maximum absolute atomic E-state index is 5.95. The number of halogens is 1. The summed E-state index contributed by atoms with van der Waals surface area (Å²) < 4.78 is 5.31. The van der Waals surface area contributed by atoms with Crippen LogP contribution in [0.3, 0.4) is 0 Å². The van der Waals surface area contributed by atoms with E-state index in [4.69, 9.17) is 16.3 Å². The number of hydrogen-bond acceptors (Lipinski definition) is 3. The molecule has 0 radical (unpaired) electrons. The second-order valence-electron chi connectivity index (χ2n) is 4.51. The molecule has 0 aromatic carbocycles. The van der Waals surface area contributed by atoms with E-state index in [1.165, 1.54) is 0 Å². The van der Waals surface area contributed by atoms with Crippen LogP contribution in [-0.4, -0.2) is 16.6 Å². The summed E-state index contributed by atoms with van der Waals surface area (Å²) >= 11 is 5.95. The van der Waals surface area contributed by atoms with Crippen molar-refractivity contribution in [3.63, 3.8) is 0 Å². The Morgan fingerprint density at radius 3 is 2.56 bits per heavy atom. The molecule has 0 atom stereocenters. The van der Waals surface area contributed by atoms with Crippen LogP contribution < -0.4 is 0 Å². The first kappa shape index (κ1) is 13.0. The minimum Gasteiger partial charge on any atom is -0.492 e. The highest BCUT2D eigenvalue weighted by molar-refractivity contribution is 6.29. The van der Waals surface area contributed by atoms with Gasteiger partial charge in [-0.25, -0.2) is 9.97 Å². The van der Waals surface area contributed by atoms with Crippen molar-refractivity contribution >= 4 is 17.4 Å². The van der Waals surface area contributed by atoms with E-state index in [2.05, 4.69) is 16.5 Å². The summed E-state index contributed by atoms with van der Waals surface area (Å²) in [6.07, 6.45) is 0. The van der Waals surface area contributed by atoms with E-state index in [0.29, 0.717) is 29.0 Å². The third kappa shape index (κ3) is 3.20. The molecule has 0 unspecified atom stereocenters. The van der Waals surface area contributed by atoms with Crippen LogP contribution >= 0.6 is 11.6 Å². The van der Waals surface area contributed by atoms with E-state index in [1.54, 1.807) is 6.07 Å². The van der Waals surface area contributed by atoms with Crippen molar-refractivity contribution in [3.8, 4) is 0 Å². The Balaban J connectivity index is 3.13. The number of nitrogens with zero attached hydrogens (tertiary/aromatic N) is 2. The van der Waals surface area contributed by atoms with E-state index in [-0.39, 0.29) is 5.41 Å². The van der Waals surface area contributed by atoms with Crippen LogP contribution in [0.4, 0.5) is 0 Å². The van der Waals surface area contributed by atoms with Crippen molar-refractivity contribution in [1.82, 2.24) is 9.97 Å². The van der Waals surface area contributed by atoms with Gasteiger partial charge in [0.15, 0.2) is 0 Å². The molecule has 0 bridgehead atoms. The molecule has 1 aromatic heterocycles. The second kappa shape index (κ2) is 4.83. The first-order chi connectivity index (χ1) is 7.34. The molecule has 0 amide bonds. The Labute approximate surface area is 102 Å². The van der Waals surface area contributed by atoms with Gasteiger partial charge in [0.1, 0.15) is 22.4 Å². The summed E-state index contributed by atoms with van der Waals surface area (Å²) in [6.45, 7) is 12.4. The van der Waals surface area contributed by atoms with Crippen LogP contribution in [0.5, 0.6) is 0 Å². The zero-order valence-corrected chi connectivity index (χ0v) is 10.9.